The second-order valence-corrected chi connectivity index (χ2v) is 7.33. The van der Waals surface area contributed by atoms with Crippen LogP contribution in [0.5, 0.6) is 0 Å². The van der Waals surface area contributed by atoms with Crippen molar-refractivity contribution in [2.45, 2.75) is 19.8 Å². The van der Waals surface area contributed by atoms with Crippen molar-refractivity contribution in [3.05, 3.63) is 69.8 Å². The highest BCUT2D eigenvalue weighted by Gasteiger charge is 2.37. The fourth-order valence-corrected chi connectivity index (χ4v) is 3.26. The van der Waals surface area contributed by atoms with Crippen LogP contribution in [0.4, 0.5) is 11.4 Å². The topological polar surface area (TPSA) is 148 Å². The number of amides is 3. The lowest BCUT2D eigenvalue weighted by molar-refractivity contribution is -0.385. The van der Waals surface area contributed by atoms with Gasteiger partial charge in [-0.05, 0) is 30.2 Å². The number of rotatable bonds is 8. The molecule has 3 rings (SSSR count). The first kappa shape index (κ1) is 23.4. The Hall–Kier alpha value is -4.28. The van der Waals surface area contributed by atoms with E-state index in [4.69, 9.17) is 4.74 Å². The third-order valence-electron chi connectivity index (χ3n) is 5.03. The molecule has 2 aromatic carbocycles. The van der Waals surface area contributed by atoms with Crippen LogP contribution in [-0.2, 0) is 25.5 Å². The molecule has 1 aliphatic heterocycles. The molecule has 0 unspecified atom stereocenters. The van der Waals surface area contributed by atoms with Gasteiger partial charge in [-0.15, -0.1) is 0 Å². The molecular weight excluding hydrogens is 432 g/mol. The Morgan fingerprint density at radius 2 is 1.85 bits per heavy atom. The number of nitrogens with zero attached hydrogens (tertiary/aromatic N) is 2. The first-order valence-corrected chi connectivity index (χ1v) is 10.2. The Bertz CT molecular complexity index is 1080. The molecule has 0 saturated carbocycles. The standard InChI is InChI=1S/C22H22N4O7/c1-2-14-7-9-16(10-8-14)23-19(27)13-33-22(30)15-11-20(28)25(12-15)24-21(29)17-5-3-4-6-18(17)26(31)32/h3-10,15H,2,11-13H2,1H3,(H,23,27)(H,24,29)/t15-/m1/s1. The summed E-state index contributed by atoms with van der Waals surface area (Å²) in [5, 5.41) is 14.6. The van der Waals surface area contributed by atoms with Gasteiger partial charge in [-0.2, -0.15) is 0 Å². The molecule has 1 aliphatic rings. The number of ether oxygens (including phenoxy) is 1. The number of nitro groups is 1. The third-order valence-corrected chi connectivity index (χ3v) is 5.03. The van der Waals surface area contributed by atoms with Crippen LogP contribution in [0, 0.1) is 16.0 Å². The molecule has 11 heteroatoms. The largest absolute Gasteiger partial charge is 0.455 e. The second-order valence-electron chi connectivity index (χ2n) is 7.33. The van der Waals surface area contributed by atoms with Crippen molar-refractivity contribution in [1.29, 1.82) is 0 Å². The number of anilines is 1. The number of esters is 1. The molecule has 1 atom stereocenters. The van der Waals surface area contributed by atoms with Gasteiger partial charge in [0.15, 0.2) is 6.61 Å². The van der Waals surface area contributed by atoms with Gasteiger partial charge in [-0.3, -0.25) is 39.7 Å². The highest BCUT2D eigenvalue weighted by molar-refractivity contribution is 5.99. The predicted molar refractivity (Wildman–Crippen MR) is 116 cm³/mol. The van der Waals surface area contributed by atoms with E-state index >= 15 is 0 Å². The third kappa shape index (κ3) is 5.91. The molecule has 1 saturated heterocycles. The van der Waals surface area contributed by atoms with Gasteiger partial charge in [0.2, 0.25) is 5.91 Å². The molecule has 172 valence electrons. The van der Waals surface area contributed by atoms with E-state index in [1.165, 1.54) is 24.3 Å². The van der Waals surface area contributed by atoms with Crippen molar-refractivity contribution in [1.82, 2.24) is 10.4 Å². The first-order valence-electron chi connectivity index (χ1n) is 10.2. The number of benzene rings is 2. The smallest absolute Gasteiger partial charge is 0.311 e. The molecule has 3 amide bonds. The van der Waals surface area contributed by atoms with E-state index in [0.29, 0.717) is 5.69 Å². The Morgan fingerprint density at radius 1 is 1.15 bits per heavy atom. The van der Waals surface area contributed by atoms with Gasteiger partial charge < -0.3 is 10.1 Å². The lowest BCUT2D eigenvalue weighted by Gasteiger charge is -2.17. The summed E-state index contributed by atoms with van der Waals surface area (Å²) >= 11 is 0. The molecule has 0 radical (unpaired) electrons. The van der Waals surface area contributed by atoms with Gasteiger partial charge in [-0.1, -0.05) is 31.2 Å². The average Bonchev–Trinajstić information content (AvgIpc) is 3.18. The highest BCUT2D eigenvalue weighted by Crippen LogP contribution is 2.21. The van der Waals surface area contributed by atoms with Crippen LogP contribution in [0.3, 0.4) is 0 Å². The maximum Gasteiger partial charge on any atom is 0.311 e. The van der Waals surface area contributed by atoms with Crippen molar-refractivity contribution >= 4 is 35.1 Å². The van der Waals surface area contributed by atoms with Gasteiger partial charge in [0, 0.05) is 18.2 Å². The van der Waals surface area contributed by atoms with Crippen LogP contribution in [0.25, 0.3) is 0 Å². The van der Waals surface area contributed by atoms with Crippen molar-refractivity contribution in [3.63, 3.8) is 0 Å². The number of hydrogen-bond donors (Lipinski definition) is 2. The lowest BCUT2D eigenvalue weighted by Crippen LogP contribution is -2.43. The molecule has 0 bridgehead atoms. The van der Waals surface area contributed by atoms with Crippen LogP contribution in [-0.4, -0.2) is 46.8 Å². The number of nitro benzene ring substituents is 1. The minimum atomic E-state index is -0.889. The van der Waals surface area contributed by atoms with Gasteiger partial charge in [-0.25, -0.2) is 0 Å². The zero-order valence-electron chi connectivity index (χ0n) is 17.8. The van der Waals surface area contributed by atoms with Crippen molar-refractivity contribution in [3.8, 4) is 0 Å². The van der Waals surface area contributed by atoms with E-state index in [1.807, 2.05) is 19.1 Å². The number of carbonyl (C=O) groups excluding carboxylic acids is 4. The Balaban J connectivity index is 1.51. The van der Waals surface area contributed by atoms with Crippen LogP contribution >= 0.6 is 0 Å². The van der Waals surface area contributed by atoms with Gasteiger partial charge in [0.05, 0.1) is 17.4 Å². The Morgan fingerprint density at radius 3 is 2.52 bits per heavy atom. The molecule has 0 aliphatic carbocycles. The van der Waals surface area contributed by atoms with E-state index in [1.54, 1.807) is 12.1 Å². The Labute approximate surface area is 188 Å². The van der Waals surface area contributed by atoms with Gasteiger partial charge in [0.25, 0.3) is 17.5 Å². The Kier molecular flexibility index (Phi) is 7.34. The molecule has 1 fully saturated rings. The fraction of sp³-hybridized carbons (Fsp3) is 0.273. The minimum absolute atomic E-state index is 0.176. The van der Waals surface area contributed by atoms with Crippen molar-refractivity contribution < 1.29 is 28.8 Å². The molecule has 2 N–H and O–H groups in total. The summed E-state index contributed by atoms with van der Waals surface area (Å²) in [7, 11) is 0. The van der Waals surface area contributed by atoms with Crippen molar-refractivity contribution in [2.24, 2.45) is 5.92 Å². The van der Waals surface area contributed by atoms with Crippen molar-refractivity contribution in [2.75, 3.05) is 18.5 Å². The fourth-order valence-electron chi connectivity index (χ4n) is 3.26. The van der Waals surface area contributed by atoms with E-state index in [9.17, 15) is 29.3 Å². The molecule has 1 heterocycles. The SMILES string of the molecule is CCc1ccc(NC(=O)COC(=O)[C@@H]2CC(=O)N(NC(=O)c3ccccc3[N+](=O)[O-])C2)cc1. The number of aryl methyl sites for hydroxylation is 1. The van der Waals surface area contributed by atoms with E-state index < -0.39 is 46.8 Å². The zero-order chi connectivity index (χ0) is 24.0. The molecule has 0 spiro atoms. The van der Waals surface area contributed by atoms with Gasteiger partial charge >= 0.3 is 5.97 Å². The summed E-state index contributed by atoms with van der Waals surface area (Å²) < 4.78 is 5.01. The predicted octanol–water partition coefficient (Wildman–Crippen LogP) is 1.83. The number of hydrogen-bond acceptors (Lipinski definition) is 7. The van der Waals surface area contributed by atoms with Crippen LogP contribution < -0.4 is 10.7 Å². The zero-order valence-corrected chi connectivity index (χ0v) is 17.8. The van der Waals surface area contributed by atoms with Crippen LogP contribution in [0.15, 0.2) is 48.5 Å². The normalized spacial score (nSPS) is 15.1. The van der Waals surface area contributed by atoms with Crippen LogP contribution in [0.1, 0.15) is 29.3 Å². The average molecular weight is 454 g/mol. The monoisotopic (exact) mass is 454 g/mol. The quantitative estimate of drug-likeness (QED) is 0.351. The van der Waals surface area contributed by atoms with E-state index in [-0.39, 0.29) is 18.5 Å². The minimum Gasteiger partial charge on any atom is -0.455 e. The first-order chi connectivity index (χ1) is 15.8. The molecule has 11 nitrogen and oxygen atoms in total. The number of nitrogens with one attached hydrogen (secondary N) is 2. The summed E-state index contributed by atoms with van der Waals surface area (Å²) in [5.41, 5.74) is 3.34. The summed E-state index contributed by atoms with van der Waals surface area (Å²) in [6.07, 6.45) is 0.641. The number of hydrazine groups is 1. The maximum atomic E-state index is 12.4. The molecular formula is C22H22N4O7. The number of para-hydroxylation sites is 1. The lowest BCUT2D eigenvalue weighted by atomic mass is 10.1. The summed E-state index contributed by atoms with van der Waals surface area (Å²) in [6.45, 7) is 1.31. The molecule has 33 heavy (non-hydrogen) atoms. The summed E-state index contributed by atoms with van der Waals surface area (Å²) in [6, 6.07) is 12.5. The molecule has 2 aromatic rings. The summed E-state index contributed by atoms with van der Waals surface area (Å²) in [5.74, 6) is -3.58. The van der Waals surface area contributed by atoms with E-state index in [0.717, 1.165) is 17.0 Å². The molecule has 0 aromatic heterocycles. The van der Waals surface area contributed by atoms with Crippen LogP contribution in [0.2, 0.25) is 0 Å². The second kappa shape index (κ2) is 10.4. The highest BCUT2D eigenvalue weighted by atomic mass is 16.6. The number of carbonyl (C=O) groups is 4. The summed E-state index contributed by atoms with van der Waals surface area (Å²) in [4.78, 5) is 59.3. The van der Waals surface area contributed by atoms with Gasteiger partial charge in [0.1, 0.15) is 5.56 Å². The maximum absolute atomic E-state index is 12.4. The van der Waals surface area contributed by atoms with E-state index in [2.05, 4.69) is 10.7 Å².